The molecule has 1 fully saturated rings. The van der Waals surface area contributed by atoms with Gasteiger partial charge in [-0.25, -0.2) is 14.8 Å². The number of carbonyl (C=O) groups excluding carboxylic acids is 1. The van der Waals surface area contributed by atoms with Crippen molar-refractivity contribution in [2.75, 3.05) is 38.7 Å². The molecule has 204 valence electrons. The maximum absolute atomic E-state index is 13.3. The first-order valence-electron chi connectivity index (χ1n) is 11.9. The molecular weight excluding hydrogens is 537 g/mol. The van der Waals surface area contributed by atoms with E-state index in [-0.39, 0.29) is 22.8 Å². The van der Waals surface area contributed by atoms with Crippen LogP contribution in [0.5, 0.6) is 0 Å². The van der Waals surface area contributed by atoms with Crippen molar-refractivity contribution in [2.45, 2.75) is 19.1 Å². The van der Waals surface area contributed by atoms with E-state index < -0.39 is 17.9 Å². The van der Waals surface area contributed by atoms with Gasteiger partial charge in [-0.15, -0.1) is 21.5 Å². The zero-order chi connectivity index (χ0) is 27.6. The van der Waals surface area contributed by atoms with Gasteiger partial charge in [0.05, 0.1) is 18.8 Å². The van der Waals surface area contributed by atoms with Crippen LogP contribution < -0.4 is 10.6 Å². The van der Waals surface area contributed by atoms with Crippen molar-refractivity contribution in [3.05, 3.63) is 47.7 Å². The number of hydrogen-bond acceptors (Lipinski definition) is 10. The van der Waals surface area contributed by atoms with Crippen LogP contribution in [0.2, 0.25) is 0 Å². The lowest BCUT2D eigenvalue weighted by atomic mass is 10.0. The molecule has 0 spiro atoms. The summed E-state index contributed by atoms with van der Waals surface area (Å²) in [6.07, 6.45) is -0.0666. The van der Waals surface area contributed by atoms with Gasteiger partial charge in [-0.2, -0.15) is 13.2 Å². The van der Waals surface area contributed by atoms with Crippen molar-refractivity contribution < 1.29 is 27.1 Å². The molecule has 39 heavy (non-hydrogen) atoms. The van der Waals surface area contributed by atoms with E-state index in [9.17, 15) is 18.0 Å². The Bertz CT molecular complexity index is 1470. The Balaban J connectivity index is 1.52. The molecule has 2 amide bonds. The highest BCUT2D eigenvalue weighted by atomic mass is 32.1. The number of nitrogens with zero attached hydrogens (tertiary/aromatic N) is 6. The van der Waals surface area contributed by atoms with Crippen LogP contribution in [0, 0.1) is 0 Å². The van der Waals surface area contributed by atoms with E-state index in [1.165, 1.54) is 12.3 Å². The minimum Gasteiger partial charge on any atom is -0.419 e. The van der Waals surface area contributed by atoms with Crippen molar-refractivity contribution in [1.29, 1.82) is 0 Å². The second kappa shape index (κ2) is 11.0. The second-order valence-corrected chi connectivity index (χ2v) is 9.47. The first kappa shape index (κ1) is 26.6. The number of amides is 2. The van der Waals surface area contributed by atoms with E-state index >= 15 is 0 Å². The van der Waals surface area contributed by atoms with Gasteiger partial charge in [0, 0.05) is 53.8 Å². The fraction of sp³-hybridized carbons (Fsp3) is 0.333. The van der Waals surface area contributed by atoms with Gasteiger partial charge in [0.25, 0.3) is 0 Å². The van der Waals surface area contributed by atoms with Crippen LogP contribution >= 0.6 is 11.3 Å². The number of nitrogens with one attached hydrogen (secondary N) is 2. The minimum atomic E-state index is -4.60. The van der Waals surface area contributed by atoms with Crippen LogP contribution in [-0.4, -0.2) is 69.4 Å². The normalized spacial score (nSPS) is 16.3. The zero-order valence-corrected chi connectivity index (χ0v) is 21.6. The third kappa shape index (κ3) is 5.89. The summed E-state index contributed by atoms with van der Waals surface area (Å²) in [6.45, 7) is 3.92. The number of carbonyl (C=O) groups is 1. The Hall–Kier alpha value is -3.95. The molecule has 0 unspecified atom stereocenters. The number of anilines is 1. The molecule has 15 heteroatoms. The average Bonchev–Trinajstić information content (AvgIpc) is 3.60. The van der Waals surface area contributed by atoms with Crippen LogP contribution in [0.15, 0.2) is 40.5 Å². The molecule has 0 saturated carbocycles. The highest BCUT2D eigenvalue weighted by Crippen LogP contribution is 2.39. The maximum atomic E-state index is 13.3. The number of alkyl halides is 3. The fourth-order valence-corrected chi connectivity index (χ4v) is 4.77. The van der Waals surface area contributed by atoms with E-state index in [1.54, 1.807) is 25.4 Å². The highest BCUT2D eigenvalue weighted by Gasteiger charge is 2.34. The molecule has 11 nitrogen and oxygen atoms in total. The van der Waals surface area contributed by atoms with Gasteiger partial charge < -0.3 is 14.5 Å². The van der Waals surface area contributed by atoms with Gasteiger partial charge in [0.15, 0.2) is 5.69 Å². The van der Waals surface area contributed by atoms with Crippen molar-refractivity contribution in [3.63, 3.8) is 0 Å². The molecule has 1 aliphatic rings. The van der Waals surface area contributed by atoms with Gasteiger partial charge in [0.1, 0.15) is 16.9 Å². The summed E-state index contributed by atoms with van der Waals surface area (Å²) >= 11 is 0.831. The van der Waals surface area contributed by atoms with Crippen molar-refractivity contribution >= 4 is 23.2 Å². The third-order valence-electron chi connectivity index (χ3n) is 5.93. The van der Waals surface area contributed by atoms with Crippen LogP contribution in [-0.2, 0) is 10.9 Å². The summed E-state index contributed by atoms with van der Waals surface area (Å²) in [6, 6.07) is 2.52. The number of pyridine rings is 2. The Morgan fingerprint density at radius 3 is 2.74 bits per heavy atom. The first-order valence-corrected chi connectivity index (χ1v) is 12.8. The highest BCUT2D eigenvalue weighted by molar-refractivity contribution is 7.13. The summed E-state index contributed by atoms with van der Waals surface area (Å²) in [5, 5.41) is 14.5. The van der Waals surface area contributed by atoms with Gasteiger partial charge >= 0.3 is 12.2 Å². The number of hydrogen-bond donors (Lipinski definition) is 2. The monoisotopic (exact) mass is 560 g/mol. The largest absolute Gasteiger partial charge is 0.434 e. The number of urea groups is 1. The molecule has 0 radical (unpaired) electrons. The molecule has 1 atom stereocenters. The molecule has 0 bridgehead atoms. The molecular formula is C24H23F3N8O3S. The fourth-order valence-electron chi connectivity index (χ4n) is 3.92. The lowest BCUT2D eigenvalue weighted by Crippen LogP contribution is -2.36. The van der Waals surface area contributed by atoms with Gasteiger partial charge in [-0.05, 0) is 26.1 Å². The lowest BCUT2D eigenvalue weighted by molar-refractivity contribution is -0.140. The van der Waals surface area contributed by atoms with Crippen molar-refractivity contribution in [2.24, 2.45) is 0 Å². The molecule has 4 aromatic rings. The average molecular weight is 561 g/mol. The van der Waals surface area contributed by atoms with E-state index in [4.69, 9.17) is 9.15 Å². The molecule has 5 rings (SSSR count). The second-order valence-electron chi connectivity index (χ2n) is 8.61. The molecule has 0 aromatic carbocycles. The molecule has 1 aliphatic heterocycles. The SMILES string of the molecule is CCNC(=O)Nc1cc(-c2nc(C(F)(F)F)cs2)c(-c2cncc(-c3nnc([C@@H]4COCCN4C)o3)c2)cn1. The summed E-state index contributed by atoms with van der Waals surface area (Å²) in [7, 11) is 1.95. The number of likely N-dealkylation sites (N-methyl/N-ethyl adjacent to an activating group) is 1. The quantitative estimate of drug-likeness (QED) is 0.350. The summed E-state index contributed by atoms with van der Waals surface area (Å²) in [5.41, 5.74) is 0.820. The predicted molar refractivity (Wildman–Crippen MR) is 136 cm³/mol. The topological polar surface area (TPSA) is 131 Å². The van der Waals surface area contributed by atoms with E-state index in [2.05, 4.69) is 40.7 Å². The Labute approximate surface area is 224 Å². The number of morpholine rings is 1. The van der Waals surface area contributed by atoms with E-state index in [0.717, 1.165) is 23.3 Å². The van der Waals surface area contributed by atoms with E-state index in [0.29, 0.717) is 47.9 Å². The zero-order valence-electron chi connectivity index (χ0n) is 20.8. The van der Waals surface area contributed by atoms with Gasteiger partial charge in [0.2, 0.25) is 11.8 Å². The van der Waals surface area contributed by atoms with Crippen LogP contribution in [0.4, 0.5) is 23.8 Å². The standard InChI is InChI=1S/C24H23F3N8O3S/c1-3-29-23(36)32-19-7-15(22-31-18(12-39-22)24(25,26)27)16(10-30-19)13-6-14(9-28-8-13)20-33-34-21(38-20)17-11-37-5-4-35(17)2/h6-10,12,17H,3-5,11H2,1-2H3,(H2,29,30,32,36)/t17-/m0/s1. The number of ether oxygens (including phenoxy) is 1. The predicted octanol–water partition coefficient (Wildman–Crippen LogP) is 4.48. The molecule has 0 aliphatic carbocycles. The first-order chi connectivity index (χ1) is 18.7. The lowest BCUT2D eigenvalue weighted by Gasteiger charge is -2.29. The van der Waals surface area contributed by atoms with Gasteiger partial charge in [-0.3, -0.25) is 15.2 Å². The van der Waals surface area contributed by atoms with Crippen molar-refractivity contribution in [1.82, 2.24) is 35.4 Å². The Morgan fingerprint density at radius 1 is 1.18 bits per heavy atom. The molecule has 2 N–H and O–H groups in total. The summed E-state index contributed by atoms with van der Waals surface area (Å²) in [4.78, 5) is 26.4. The number of thiazole rings is 1. The van der Waals surface area contributed by atoms with Crippen LogP contribution in [0.1, 0.15) is 24.6 Å². The Kier molecular flexibility index (Phi) is 7.54. The molecule has 4 aromatic heterocycles. The van der Waals surface area contributed by atoms with E-state index in [1.807, 2.05) is 7.05 Å². The number of rotatable bonds is 6. The van der Waals surface area contributed by atoms with Crippen LogP contribution in [0.25, 0.3) is 33.2 Å². The van der Waals surface area contributed by atoms with Crippen molar-refractivity contribution in [3.8, 4) is 33.2 Å². The number of halogens is 3. The molecule has 1 saturated heterocycles. The smallest absolute Gasteiger partial charge is 0.419 e. The summed E-state index contributed by atoms with van der Waals surface area (Å²) < 4.78 is 51.4. The minimum absolute atomic E-state index is 0.101. The van der Waals surface area contributed by atoms with Crippen LogP contribution in [0.3, 0.4) is 0 Å². The summed E-state index contributed by atoms with van der Waals surface area (Å²) in [5.74, 6) is 0.784. The third-order valence-corrected chi connectivity index (χ3v) is 6.80. The number of aromatic nitrogens is 5. The maximum Gasteiger partial charge on any atom is 0.434 e. The van der Waals surface area contributed by atoms with Gasteiger partial charge in [-0.1, -0.05) is 0 Å². The molecule has 5 heterocycles. The Morgan fingerprint density at radius 2 is 2.00 bits per heavy atom.